The summed E-state index contributed by atoms with van der Waals surface area (Å²) in [7, 11) is 0. The Morgan fingerprint density at radius 2 is 2.29 bits per heavy atom. The standard InChI is InChI=1S/C13H20N4O4/c1-3-13(11(18)19)5-4-6-17(8-13)12(20)14-7-10-15-9(2)16-21-10/h3-8H2,1-2H3,(H,14,20)(H,18,19). The van der Waals surface area contributed by atoms with Crippen LogP contribution in [0.3, 0.4) is 0 Å². The second-order valence-electron chi connectivity index (χ2n) is 5.36. The first-order chi connectivity index (χ1) is 9.97. The molecule has 2 N–H and O–H groups in total. The molecule has 1 aliphatic heterocycles. The van der Waals surface area contributed by atoms with Gasteiger partial charge in [0.2, 0.25) is 5.89 Å². The molecule has 1 fully saturated rings. The lowest BCUT2D eigenvalue weighted by atomic mass is 9.78. The molecule has 0 saturated carbocycles. The number of aliphatic carboxylic acids is 1. The van der Waals surface area contributed by atoms with Crippen molar-refractivity contribution in [2.24, 2.45) is 5.41 Å². The summed E-state index contributed by atoms with van der Waals surface area (Å²) in [5.41, 5.74) is -0.837. The number of hydrogen-bond donors (Lipinski definition) is 2. The van der Waals surface area contributed by atoms with Gasteiger partial charge in [-0.25, -0.2) is 4.79 Å². The summed E-state index contributed by atoms with van der Waals surface area (Å²) >= 11 is 0. The highest BCUT2D eigenvalue weighted by atomic mass is 16.5. The zero-order chi connectivity index (χ0) is 15.5. The van der Waals surface area contributed by atoms with Crippen LogP contribution in [-0.4, -0.2) is 45.2 Å². The Morgan fingerprint density at radius 3 is 2.86 bits per heavy atom. The molecule has 0 spiro atoms. The highest BCUT2D eigenvalue weighted by molar-refractivity contribution is 5.78. The number of amides is 2. The van der Waals surface area contributed by atoms with Crippen molar-refractivity contribution in [3.05, 3.63) is 11.7 Å². The van der Waals surface area contributed by atoms with Gasteiger partial charge in [-0.15, -0.1) is 0 Å². The Balaban J connectivity index is 1.94. The molecule has 8 heteroatoms. The van der Waals surface area contributed by atoms with E-state index in [1.807, 2.05) is 6.92 Å². The maximum Gasteiger partial charge on any atom is 0.317 e. The first kappa shape index (κ1) is 15.3. The first-order valence-electron chi connectivity index (χ1n) is 7.02. The van der Waals surface area contributed by atoms with Gasteiger partial charge in [0.25, 0.3) is 0 Å². The van der Waals surface area contributed by atoms with Gasteiger partial charge in [-0.3, -0.25) is 4.79 Å². The molecule has 1 atom stereocenters. The molecule has 1 aromatic heterocycles. The quantitative estimate of drug-likeness (QED) is 0.863. The number of nitrogens with zero attached hydrogens (tertiary/aromatic N) is 3. The van der Waals surface area contributed by atoms with Crippen LogP contribution in [0.15, 0.2) is 4.52 Å². The van der Waals surface area contributed by atoms with Crippen LogP contribution in [0.2, 0.25) is 0 Å². The van der Waals surface area contributed by atoms with Crippen LogP contribution in [0, 0.1) is 12.3 Å². The van der Waals surface area contributed by atoms with Crippen molar-refractivity contribution in [2.45, 2.75) is 39.7 Å². The number of carboxylic acids is 1. The monoisotopic (exact) mass is 296 g/mol. The molecule has 0 radical (unpaired) electrons. The van der Waals surface area contributed by atoms with Crippen molar-refractivity contribution in [1.29, 1.82) is 0 Å². The third-order valence-corrected chi connectivity index (χ3v) is 3.96. The molecule has 1 saturated heterocycles. The van der Waals surface area contributed by atoms with Crippen LogP contribution in [-0.2, 0) is 11.3 Å². The number of hydrogen-bond acceptors (Lipinski definition) is 5. The number of urea groups is 1. The molecule has 1 aliphatic rings. The van der Waals surface area contributed by atoms with E-state index in [9.17, 15) is 14.7 Å². The average Bonchev–Trinajstić information content (AvgIpc) is 2.90. The molecule has 2 amide bonds. The maximum absolute atomic E-state index is 12.1. The van der Waals surface area contributed by atoms with Gasteiger partial charge < -0.3 is 19.8 Å². The van der Waals surface area contributed by atoms with Gasteiger partial charge in [-0.1, -0.05) is 12.1 Å². The third kappa shape index (κ3) is 3.32. The number of carboxylic acid groups (broad SMARTS) is 1. The van der Waals surface area contributed by atoms with Gasteiger partial charge in [0, 0.05) is 13.1 Å². The van der Waals surface area contributed by atoms with Crippen LogP contribution >= 0.6 is 0 Å². The molecule has 1 unspecified atom stereocenters. The summed E-state index contributed by atoms with van der Waals surface area (Å²) in [6.45, 7) is 4.47. The molecule has 2 heterocycles. The third-order valence-electron chi connectivity index (χ3n) is 3.96. The molecule has 116 valence electrons. The molecule has 1 aromatic rings. The zero-order valence-electron chi connectivity index (χ0n) is 12.3. The van der Waals surface area contributed by atoms with Crippen molar-refractivity contribution in [1.82, 2.24) is 20.4 Å². The summed E-state index contributed by atoms with van der Waals surface area (Å²) in [5.74, 6) is 0.000901. The van der Waals surface area contributed by atoms with E-state index in [2.05, 4.69) is 15.5 Å². The highest BCUT2D eigenvalue weighted by Gasteiger charge is 2.42. The summed E-state index contributed by atoms with van der Waals surface area (Å²) in [4.78, 5) is 29.1. The smallest absolute Gasteiger partial charge is 0.317 e. The Labute approximate surface area is 122 Å². The average molecular weight is 296 g/mol. The molecular weight excluding hydrogens is 276 g/mol. The topological polar surface area (TPSA) is 109 Å². The van der Waals surface area contributed by atoms with E-state index in [0.29, 0.717) is 37.5 Å². The molecule has 2 rings (SSSR count). The van der Waals surface area contributed by atoms with E-state index in [-0.39, 0.29) is 19.1 Å². The normalized spacial score (nSPS) is 22.1. The lowest BCUT2D eigenvalue weighted by molar-refractivity contribution is -0.152. The number of carbonyl (C=O) groups is 2. The molecule has 0 bridgehead atoms. The second kappa shape index (κ2) is 6.11. The number of aromatic nitrogens is 2. The van der Waals surface area contributed by atoms with E-state index in [1.165, 1.54) is 0 Å². The van der Waals surface area contributed by atoms with E-state index in [1.54, 1.807) is 11.8 Å². The molecule has 21 heavy (non-hydrogen) atoms. The minimum absolute atomic E-state index is 0.141. The van der Waals surface area contributed by atoms with Crippen LogP contribution in [0.4, 0.5) is 4.79 Å². The van der Waals surface area contributed by atoms with Crippen molar-refractivity contribution in [3.63, 3.8) is 0 Å². The molecular formula is C13H20N4O4. The summed E-state index contributed by atoms with van der Waals surface area (Å²) in [6.07, 6.45) is 1.80. The minimum atomic E-state index is -0.838. The summed E-state index contributed by atoms with van der Waals surface area (Å²) in [6, 6.07) is -0.301. The number of piperidine rings is 1. The van der Waals surface area contributed by atoms with Gasteiger partial charge in [0.05, 0.1) is 12.0 Å². The van der Waals surface area contributed by atoms with Crippen LogP contribution in [0.1, 0.15) is 37.9 Å². The van der Waals surface area contributed by atoms with Gasteiger partial charge in [-0.05, 0) is 26.2 Å². The van der Waals surface area contributed by atoms with Crippen molar-refractivity contribution >= 4 is 12.0 Å². The Bertz CT molecular complexity index is 530. The lowest BCUT2D eigenvalue weighted by Gasteiger charge is -2.39. The predicted molar refractivity (Wildman–Crippen MR) is 72.4 cm³/mol. The van der Waals surface area contributed by atoms with Crippen molar-refractivity contribution in [3.8, 4) is 0 Å². The van der Waals surface area contributed by atoms with Crippen LogP contribution in [0.5, 0.6) is 0 Å². The number of aryl methyl sites for hydroxylation is 1. The number of carbonyl (C=O) groups excluding carboxylic acids is 1. The summed E-state index contributed by atoms with van der Waals surface area (Å²) in [5, 5.41) is 15.7. The fourth-order valence-corrected chi connectivity index (χ4v) is 2.59. The summed E-state index contributed by atoms with van der Waals surface area (Å²) < 4.78 is 4.91. The SMILES string of the molecule is CCC1(C(=O)O)CCCN(C(=O)NCc2nc(C)no2)C1. The minimum Gasteiger partial charge on any atom is -0.481 e. The predicted octanol–water partition coefficient (Wildman–Crippen LogP) is 1.16. The zero-order valence-corrected chi connectivity index (χ0v) is 12.3. The van der Waals surface area contributed by atoms with Gasteiger partial charge in [0.15, 0.2) is 5.82 Å². The molecule has 8 nitrogen and oxygen atoms in total. The first-order valence-corrected chi connectivity index (χ1v) is 7.02. The largest absolute Gasteiger partial charge is 0.481 e. The van der Waals surface area contributed by atoms with Crippen molar-refractivity contribution in [2.75, 3.05) is 13.1 Å². The second-order valence-corrected chi connectivity index (χ2v) is 5.36. The fourth-order valence-electron chi connectivity index (χ4n) is 2.59. The maximum atomic E-state index is 12.1. The van der Waals surface area contributed by atoms with Crippen molar-refractivity contribution < 1.29 is 19.2 Å². The molecule has 0 aromatic carbocycles. The van der Waals surface area contributed by atoms with E-state index >= 15 is 0 Å². The Morgan fingerprint density at radius 1 is 1.52 bits per heavy atom. The number of rotatable bonds is 4. The van der Waals surface area contributed by atoms with Gasteiger partial charge >= 0.3 is 12.0 Å². The van der Waals surface area contributed by atoms with Crippen LogP contribution in [0.25, 0.3) is 0 Å². The number of nitrogens with one attached hydrogen (secondary N) is 1. The Hall–Kier alpha value is -2.12. The van der Waals surface area contributed by atoms with Crippen LogP contribution < -0.4 is 5.32 Å². The molecule has 0 aliphatic carbocycles. The number of likely N-dealkylation sites (tertiary alicyclic amines) is 1. The van der Waals surface area contributed by atoms with Gasteiger partial charge in [0.1, 0.15) is 0 Å². The van der Waals surface area contributed by atoms with E-state index in [0.717, 1.165) is 0 Å². The van der Waals surface area contributed by atoms with Gasteiger partial charge in [-0.2, -0.15) is 4.98 Å². The van der Waals surface area contributed by atoms with E-state index < -0.39 is 11.4 Å². The van der Waals surface area contributed by atoms with E-state index in [4.69, 9.17) is 4.52 Å². The lowest BCUT2D eigenvalue weighted by Crippen LogP contribution is -2.52. The Kier molecular flexibility index (Phi) is 4.44. The highest BCUT2D eigenvalue weighted by Crippen LogP contribution is 2.33. The fraction of sp³-hybridized carbons (Fsp3) is 0.692.